The van der Waals surface area contributed by atoms with E-state index >= 15 is 0 Å². The van der Waals surface area contributed by atoms with Gasteiger partial charge in [0.1, 0.15) is 5.82 Å². The van der Waals surface area contributed by atoms with E-state index in [1.807, 2.05) is 18.2 Å². The molecule has 0 spiro atoms. The zero-order chi connectivity index (χ0) is 14.1. The van der Waals surface area contributed by atoms with Crippen LogP contribution in [0, 0.1) is 5.82 Å². The highest BCUT2D eigenvalue weighted by molar-refractivity contribution is 9.10. The highest BCUT2D eigenvalue weighted by atomic mass is 79.9. The van der Waals surface area contributed by atoms with Crippen molar-refractivity contribution in [2.75, 3.05) is 0 Å². The van der Waals surface area contributed by atoms with Crippen molar-refractivity contribution in [3.8, 4) is 0 Å². The van der Waals surface area contributed by atoms with E-state index in [0.29, 0.717) is 6.42 Å². The van der Waals surface area contributed by atoms with Crippen LogP contribution in [-0.4, -0.2) is 0 Å². The van der Waals surface area contributed by atoms with E-state index in [2.05, 4.69) is 33.4 Å². The van der Waals surface area contributed by atoms with Crippen molar-refractivity contribution in [3.05, 3.63) is 69.3 Å². The Bertz CT molecular complexity index is 733. The fourth-order valence-corrected chi connectivity index (χ4v) is 3.92. The Hall–Kier alpha value is -1.23. The standard InChI is InChI=1S/C16H13BrFNS/c17-11-5-10(6-12(18)8-11)7-15(19)14-9-20-16-4-2-1-3-13(14)16/h1-6,8-9,15H,7,19H2. The summed E-state index contributed by atoms with van der Waals surface area (Å²) >= 11 is 5.01. The number of thiophene rings is 1. The molecule has 1 nitrogen and oxygen atoms in total. The first-order valence-electron chi connectivity index (χ1n) is 6.30. The Balaban J connectivity index is 1.91. The summed E-state index contributed by atoms with van der Waals surface area (Å²) in [5, 5.41) is 3.30. The third kappa shape index (κ3) is 2.77. The van der Waals surface area contributed by atoms with Gasteiger partial charge in [0.2, 0.25) is 0 Å². The smallest absolute Gasteiger partial charge is 0.124 e. The number of fused-ring (bicyclic) bond motifs is 1. The zero-order valence-corrected chi connectivity index (χ0v) is 13.0. The number of halogens is 2. The minimum absolute atomic E-state index is 0.125. The average Bonchev–Trinajstić information content (AvgIpc) is 2.81. The van der Waals surface area contributed by atoms with Crippen molar-refractivity contribution in [1.82, 2.24) is 0 Å². The summed E-state index contributed by atoms with van der Waals surface area (Å²) < 4.78 is 15.4. The first-order valence-corrected chi connectivity index (χ1v) is 7.97. The minimum Gasteiger partial charge on any atom is -0.324 e. The largest absolute Gasteiger partial charge is 0.324 e. The van der Waals surface area contributed by atoms with E-state index in [1.54, 1.807) is 17.4 Å². The summed E-state index contributed by atoms with van der Waals surface area (Å²) in [6.45, 7) is 0. The van der Waals surface area contributed by atoms with Gasteiger partial charge in [0.15, 0.2) is 0 Å². The Morgan fingerprint density at radius 2 is 2.00 bits per heavy atom. The fraction of sp³-hybridized carbons (Fsp3) is 0.125. The maximum atomic E-state index is 13.4. The molecule has 3 aromatic rings. The molecule has 2 aromatic carbocycles. The quantitative estimate of drug-likeness (QED) is 0.703. The van der Waals surface area contributed by atoms with Gasteiger partial charge >= 0.3 is 0 Å². The lowest BCUT2D eigenvalue weighted by Crippen LogP contribution is -2.13. The van der Waals surface area contributed by atoms with E-state index in [0.717, 1.165) is 15.6 Å². The van der Waals surface area contributed by atoms with E-state index in [1.165, 1.54) is 16.2 Å². The lowest BCUT2D eigenvalue weighted by molar-refractivity contribution is 0.621. The number of hydrogen-bond acceptors (Lipinski definition) is 2. The van der Waals surface area contributed by atoms with Crippen LogP contribution in [0.25, 0.3) is 10.1 Å². The lowest BCUT2D eigenvalue weighted by atomic mass is 9.99. The minimum atomic E-state index is -0.239. The van der Waals surface area contributed by atoms with Crippen molar-refractivity contribution in [2.45, 2.75) is 12.5 Å². The highest BCUT2D eigenvalue weighted by Crippen LogP contribution is 2.31. The molecule has 1 aromatic heterocycles. The van der Waals surface area contributed by atoms with Crippen molar-refractivity contribution in [3.63, 3.8) is 0 Å². The predicted octanol–water partition coefficient (Wildman–Crippen LogP) is 5.05. The summed E-state index contributed by atoms with van der Waals surface area (Å²) in [7, 11) is 0. The molecule has 0 fully saturated rings. The van der Waals surface area contributed by atoms with Crippen molar-refractivity contribution < 1.29 is 4.39 Å². The molecule has 1 heterocycles. The first-order chi connectivity index (χ1) is 9.63. The average molecular weight is 350 g/mol. The summed E-state index contributed by atoms with van der Waals surface area (Å²) in [5.74, 6) is -0.239. The number of benzene rings is 2. The van der Waals surface area contributed by atoms with Gasteiger partial charge in [-0.25, -0.2) is 4.39 Å². The molecule has 102 valence electrons. The summed E-state index contributed by atoms with van der Waals surface area (Å²) in [4.78, 5) is 0. The molecule has 0 aliphatic carbocycles. The molecular formula is C16H13BrFNS. The molecule has 1 atom stereocenters. The second kappa shape index (κ2) is 5.64. The topological polar surface area (TPSA) is 26.0 Å². The number of nitrogens with two attached hydrogens (primary N) is 1. The van der Waals surface area contributed by atoms with Gasteiger partial charge in [-0.3, -0.25) is 0 Å². The van der Waals surface area contributed by atoms with Crippen LogP contribution in [-0.2, 0) is 6.42 Å². The van der Waals surface area contributed by atoms with Crippen LogP contribution in [0.2, 0.25) is 0 Å². The summed E-state index contributed by atoms with van der Waals surface area (Å²) in [5.41, 5.74) is 8.34. The molecule has 0 radical (unpaired) electrons. The Labute approximate surface area is 129 Å². The van der Waals surface area contributed by atoms with Crippen LogP contribution in [0.5, 0.6) is 0 Å². The molecule has 3 rings (SSSR count). The van der Waals surface area contributed by atoms with Gasteiger partial charge in [-0.15, -0.1) is 11.3 Å². The highest BCUT2D eigenvalue weighted by Gasteiger charge is 2.13. The number of hydrogen-bond donors (Lipinski definition) is 1. The van der Waals surface area contributed by atoms with Crippen molar-refractivity contribution in [1.29, 1.82) is 0 Å². The van der Waals surface area contributed by atoms with E-state index in [4.69, 9.17) is 5.73 Å². The second-order valence-electron chi connectivity index (χ2n) is 4.78. The SMILES string of the molecule is NC(Cc1cc(F)cc(Br)c1)c1csc2ccccc12. The molecule has 2 N–H and O–H groups in total. The monoisotopic (exact) mass is 349 g/mol. The van der Waals surface area contributed by atoms with E-state index < -0.39 is 0 Å². The lowest BCUT2D eigenvalue weighted by Gasteiger charge is -2.11. The van der Waals surface area contributed by atoms with Crippen LogP contribution < -0.4 is 5.73 Å². The molecule has 4 heteroatoms. The molecule has 0 saturated heterocycles. The third-order valence-electron chi connectivity index (χ3n) is 3.29. The van der Waals surface area contributed by atoms with Gasteiger partial charge in [-0.1, -0.05) is 34.1 Å². The van der Waals surface area contributed by atoms with Gasteiger partial charge in [0.05, 0.1) is 0 Å². The molecule has 1 unspecified atom stereocenters. The number of rotatable bonds is 3. The van der Waals surface area contributed by atoms with Crippen LogP contribution in [0.4, 0.5) is 4.39 Å². The van der Waals surface area contributed by atoms with Gasteiger partial charge in [0.25, 0.3) is 0 Å². The Kier molecular flexibility index (Phi) is 3.87. The summed E-state index contributed by atoms with van der Waals surface area (Å²) in [6, 6.07) is 13.0. The van der Waals surface area contributed by atoms with Crippen LogP contribution in [0.1, 0.15) is 17.2 Å². The first kappa shape index (κ1) is 13.7. The fourth-order valence-electron chi connectivity index (χ4n) is 2.38. The van der Waals surface area contributed by atoms with Crippen LogP contribution in [0.3, 0.4) is 0 Å². The third-order valence-corrected chi connectivity index (χ3v) is 4.73. The van der Waals surface area contributed by atoms with Gasteiger partial charge in [-0.2, -0.15) is 0 Å². The van der Waals surface area contributed by atoms with Gasteiger partial charge in [-0.05, 0) is 52.6 Å². The molecule has 0 saturated carbocycles. The zero-order valence-electron chi connectivity index (χ0n) is 10.6. The molecule has 0 aliphatic rings. The summed E-state index contributed by atoms with van der Waals surface area (Å²) in [6.07, 6.45) is 0.622. The molecule has 0 bridgehead atoms. The Morgan fingerprint density at radius 1 is 1.20 bits per heavy atom. The van der Waals surface area contributed by atoms with Crippen molar-refractivity contribution >= 4 is 37.4 Å². The maximum Gasteiger partial charge on any atom is 0.124 e. The molecular weight excluding hydrogens is 337 g/mol. The maximum absolute atomic E-state index is 13.4. The predicted molar refractivity (Wildman–Crippen MR) is 86.6 cm³/mol. The van der Waals surface area contributed by atoms with Crippen LogP contribution >= 0.6 is 27.3 Å². The second-order valence-corrected chi connectivity index (χ2v) is 6.60. The van der Waals surface area contributed by atoms with E-state index in [-0.39, 0.29) is 11.9 Å². The molecule has 20 heavy (non-hydrogen) atoms. The normalized spacial score (nSPS) is 12.8. The van der Waals surface area contributed by atoms with Gasteiger partial charge in [0, 0.05) is 15.2 Å². The van der Waals surface area contributed by atoms with Crippen molar-refractivity contribution in [2.24, 2.45) is 5.73 Å². The molecule has 0 aliphatic heterocycles. The Morgan fingerprint density at radius 3 is 2.80 bits per heavy atom. The van der Waals surface area contributed by atoms with Crippen LogP contribution in [0.15, 0.2) is 52.3 Å². The van der Waals surface area contributed by atoms with Gasteiger partial charge < -0.3 is 5.73 Å². The molecule has 0 amide bonds. The van der Waals surface area contributed by atoms with E-state index in [9.17, 15) is 4.39 Å².